The van der Waals surface area contributed by atoms with Crippen molar-refractivity contribution in [3.8, 4) is 0 Å². The van der Waals surface area contributed by atoms with Crippen molar-refractivity contribution >= 4 is 17.4 Å². The first-order valence-corrected chi connectivity index (χ1v) is 6.43. The minimum Gasteiger partial charge on any atom is -0.367 e. The van der Waals surface area contributed by atoms with Gasteiger partial charge in [-0.25, -0.2) is 9.97 Å². The molecule has 0 spiro atoms. The number of halogens is 1. The zero-order valence-electron chi connectivity index (χ0n) is 9.62. The smallest absolute Gasteiger partial charge is 0.129 e. The average Bonchev–Trinajstić information content (AvgIpc) is 2.32. The lowest BCUT2D eigenvalue weighted by Gasteiger charge is -2.26. The molecule has 1 aliphatic rings. The van der Waals surface area contributed by atoms with Crippen LogP contribution in [0.3, 0.4) is 0 Å². The quantitative estimate of drug-likeness (QED) is 0.824. The normalized spacial score (nSPS) is 25.4. The lowest BCUT2D eigenvalue weighted by Crippen LogP contribution is -2.26. The molecule has 0 unspecified atom stereocenters. The number of aryl methyl sites for hydroxylation is 1. The monoisotopic (exact) mass is 239 g/mol. The summed E-state index contributed by atoms with van der Waals surface area (Å²) in [6.45, 7) is 2.10. The van der Waals surface area contributed by atoms with Crippen molar-refractivity contribution in [3.63, 3.8) is 0 Å². The fourth-order valence-electron chi connectivity index (χ4n) is 2.08. The number of nitrogens with one attached hydrogen (secondary N) is 1. The van der Waals surface area contributed by atoms with Crippen LogP contribution in [-0.4, -0.2) is 21.4 Å². The Morgan fingerprint density at radius 3 is 2.75 bits per heavy atom. The Kier molecular flexibility index (Phi) is 3.99. The molecular formula is C12H18ClN3. The molecule has 88 valence electrons. The topological polar surface area (TPSA) is 37.8 Å². The summed E-state index contributed by atoms with van der Waals surface area (Å²) in [6.07, 6.45) is 7.06. The maximum atomic E-state index is 6.08. The highest BCUT2D eigenvalue weighted by molar-refractivity contribution is 6.20. The number of hydrogen-bond acceptors (Lipinski definition) is 3. The van der Waals surface area contributed by atoms with E-state index in [4.69, 9.17) is 11.6 Å². The van der Waals surface area contributed by atoms with E-state index in [0.29, 0.717) is 11.4 Å². The highest BCUT2D eigenvalue weighted by atomic mass is 35.5. The van der Waals surface area contributed by atoms with Crippen molar-refractivity contribution in [3.05, 3.63) is 18.1 Å². The molecule has 1 aliphatic carbocycles. The fraction of sp³-hybridized carbons (Fsp3) is 0.667. The van der Waals surface area contributed by atoms with Gasteiger partial charge in [0.05, 0.1) is 0 Å². The Hall–Kier alpha value is -0.830. The third-order valence-electron chi connectivity index (χ3n) is 3.09. The van der Waals surface area contributed by atoms with E-state index < -0.39 is 0 Å². The van der Waals surface area contributed by atoms with Gasteiger partial charge in [0.1, 0.15) is 12.1 Å². The van der Waals surface area contributed by atoms with Crippen LogP contribution in [-0.2, 0) is 6.42 Å². The minimum absolute atomic E-state index is 0.370. The molecule has 0 aromatic carbocycles. The minimum atomic E-state index is 0.370. The molecule has 1 N–H and O–H groups in total. The summed E-state index contributed by atoms with van der Waals surface area (Å²) in [5, 5.41) is 3.84. The van der Waals surface area contributed by atoms with Crippen molar-refractivity contribution in [2.45, 2.75) is 50.4 Å². The molecule has 0 radical (unpaired) electrons. The van der Waals surface area contributed by atoms with Crippen LogP contribution in [0.1, 0.15) is 38.3 Å². The van der Waals surface area contributed by atoms with Gasteiger partial charge in [-0.2, -0.15) is 0 Å². The Labute approximate surface area is 102 Å². The molecule has 0 amide bonds. The second-order valence-electron chi connectivity index (χ2n) is 4.34. The predicted octanol–water partition coefficient (Wildman–Crippen LogP) is 3.00. The van der Waals surface area contributed by atoms with Gasteiger partial charge in [-0.15, -0.1) is 11.6 Å². The van der Waals surface area contributed by atoms with Gasteiger partial charge in [-0.1, -0.05) is 6.92 Å². The SMILES string of the molecule is CCc1cc(NC2CCC(Cl)CC2)ncn1. The molecule has 0 saturated heterocycles. The molecule has 0 bridgehead atoms. The summed E-state index contributed by atoms with van der Waals surface area (Å²) in [7, 11) is 0. The molecule has 3 nitrogen and oxygen atoms in total. The Morgan fingerprint density at radius 1 is 1.31 bits per heavy atom. The Morgan fingerprint density at radius 2 is 2.06 bits per heavy atom. The average molecular weight is 240 g/mol. The van der Waals surface area contributed by atoms with Crippen molar-refractivity contribution < 1.29 is 0 Å². The standard InChI is InChI=1S/C12H18ClN3/c1-2-10-7-12(15-8-14-10)16-11-5-3-9(13)4-6-11/h7-9,11H,2-6H2,1H3,(H,14,15,16). The summed E-state index contributed by atoms with van der Waals surface area (Å²) in [4.78, 5) is 8.44. The van der Waals surface area contributed by atoms with Crippen LogP contribution >= 0.6 is 11.6 Å². The second kappa shape index (κ2) is 5.48. The van der Waals surface area contributed by atoms with Gasteiger partial charge >= 0.3 is 0 Å². The molecule has 1 aromatic rings. The van der Waals surface area contributed by atoms with E-state index in [1.807, 2.05) is 6.07 Å². The molecule has 0 atom stereocenters. The van der Waals surface area contributed by atoms with Gasteiger partial charge in [0.2, 0.25) is 0 Å². The zero-order valence-corrected chi connectivity index (χ0v) is 10.4. The van der Waals surface area contributed by atoms with E-state index in [2.05, 4.69) is 22.2 Å². The summed E-state index contributed by atoms with van der Waals surface area (Å²) in [5.41, 5.74) is 1.09. The molecule has 1 fully saturated rings. The van der Waals surface area contributed by atoms with E-state index in [9.17, 15) is 0 Å². The van der Waals surface area contributed by atoms with E-state index in [1.54, 1.807) is 6.33 Å². The fourth-order valence-corrected chi connectivity index (χ4v) is 2.33. The third kappa shape index (κ3) is 3.08. The molecular weight excluding hydrogens is 222 g/mol. The van der Waals surface area contributed by atoms with Gasteiger partial charge in [-0.05, 0) is 32.1 Å². The Bertz CT molecular complexity index is 335. The van der Waals surface area contributed by atoms with Crippen LogP contribution in [0, 0.1) is 0 Å². The molecule has 2 rings (SSSR count). The van der Waals surface area contributed by atoms with Crippen LogP contribution in [0.5, 0.6) is 0 Å². The third-order valence-corrected chi connectivity index (χ3v) is 3.53. The summed E-state index contributed by atoms with van der Waals surface area (Å²) in [6, 6.07) is 2.56. The number of alkyl halides is 1. The first-order valence-electron chi connectivity index (χ1n) is 5.99. The maximum Gasteiger partial charge on any atom is 0.129 e. The number of rotatable bonds is 3. The number of aromatic nitrogens is 2. The molecule has 16 heavy (non-hydrogen) atoms. The zero-order chi connectivity index (χ0) is 11.4. The number of hydrogen-bond donors (Lipinski definition) is 1. The van der Waals surface area contributed by atoms with Crippen LogP contribution in [0.15, 0.2) is 12.4 Å². The van der Waals surface area contributed by atoms with Crippen LogP contribution in [0.25, 0.3) is 0 Å². The van der Waals surface area contributed by atoms with Crippen LogP contribution in [0.4, 0.5) is 5.82 Å². The number of anilines is 1. The first-order chi connectivity index (χ1) is 7.78. The van der Waals surface area contributed by atoms with Crippen LogP contribution in [0.2, 0.25) is 0 Å². The van der Waals surface area contributed by atoms with E-state index in [1.165, 1.54) is 0 Å². The maximum absolute atomic E-state index is 6.08. The van der Waals surface area contributed by atoms with Crippen LogP contribution < -0.4 is 5.32 Å². The summed E-state index contributed by atoms with van der Waals surface area (Å²) >= 11 is 6.08. The van der Waals surface area contributed by atoms with Crippen molar-refractivity contribution in [1.82, 2.24) is 9.97 Å². The molecule has 4 heteroatoms. The number of nitrogens with zero attached hydrogens (tertiary/aromatic N) is 2. The second-order valence-corrected chi connectivity index (χ2v) is 4.96. The first kappa shape index (κ1) is 11.6. The van der Waals surface area contributed by atoms with E-state index in [-0.39, 0.29) is 0 Å². The van der Waals surface area contributed by atoms with Crippen molar-refractivity contribution in [1.29, 1.82) is 0 Å². The summed E-state index contributed by atoms with van der Waals surface area (Å²) in [5.74, 6) is 0.949. The predicted molar refractivity (Wildman–Crippen MR) is 66.9 cm³/mol. The van der Waals surface area contributed by atoms with Gasteiger partial charge in [0.25, 0.3) is 0 Å². The molecule has 1 heterocycles. The largest absolute Gasteiger partial charge is 0.367 e. The van der Waals surface area contributed by atoms with Crippen molar-refractivity contribution in [2.75, 3.05) is 5.32 Å². The molecule has 1 aromatic heterocycles. The van der Waals surface area contributed by atoms with Gasteiger partial charge in [-0.3, -0.25) is 0 Å². The summed E-state index contributed by atoms with van der Waals surface area (Å²) < 4.78 is 0. The van der Waals surface area contributed by atoms with E-state index in [0.717, 1.165) is 43.6 Å². The highest BCUT2D eigenvalue weighted by Crippen LogP contribution is 2.24. The lowest BCUT2D eigenvalue weighted by atomic mass is 9.95. The lowest BCUT2D eigenvalue weighted by molar-refractivity contribution is 0.467. The molecule has 1 saturated carbocycles. The highest BCUT2D eigenvalue weighted by Gasteiger charge is 2.19. The van der Waals surface area contributed by atoms with Crippen molar-refractivity contribution in [2.24, 2.45) is 0 Å². The van der Waals surface area contributed by atoms with E-state index >= 15 is 0 Å². The van der Waals surface area contributed by atoms with Gasteiger partial charge < -0.3 is 5.32 Å². The Balaban J connectivity index is 1.93. The van der Waals surface area contributed by atoms with Gasteiger partial charge in [0.15, 0.2) is 0 Å². The molecule has 0 aliphatic heterocycles. The van der Waals surface area contributed by atoms with Gasteiger partial charge in [0, 0.05) is 23.2 Å².